The number of benzene rings is 4. The Kier molecular flexibility index (Phi) is 9.01. The standard InChI is InChI=1S/C33H35N3O4S/c1-40-29-16-18-30(19-17-29)41(38,39)36(25-26-10-3-2-4-11-26)32-15-6-5-14-31(32)33(37)34-23-27-12-9-13-28(22-27)24-35-20-7-8-21-35/h2-6,9-19,22H,7-8,20-21,23-25H2,1H3,(H,34,37). The first kappa shape index (κ1) is 28.4. The molecule has 1 heterocycles. The molecule has 0 aromatic heterocycles. The summed E-state index contributed by atoms with van der Waals surface area (Å²) in [6.07, 6.45) is 2.48. The van der Waals surface area contributed by atoms with Crippen molar-refractivity contribution >= 4 is 21.6 Å². The Morgan fingerprint density at radius 1 is 0.829 bits per heavy atom. The normalized spacial score (nSPS) is 13.6. The topological polar surface area (TPSA) is 79.0 Å². The monoisotopic (exact) mass is 569 g/mol. The number of methoxy groups -OCH3 is 1. The van der Waals surface area contributed by atoms with E-state index in [2.05, 4.69) is 22.3 Å². The van der Waals surface area contributed by atoms with Crippen molar-refractivity contribution in [2.75, 3.05) is 24.5 Å². The lowest BCUT2D eigenvalue weighted by molar-refractivity contribution is 0.0951. The molecule has 0 bridgehead atoms. The highest BCUT2D eigenvalue weighted by Crippen LogP contribution is 2.30. The lowest BCUT2D eigenvalue weighted by Gasteiger charge is -2.27. The van der Waals surface area contributed by atoms with E-state index < -0.39 is 10.0 Å². The van der Waals surface area contributed by atoms with Gasteiger partial charge in [0.05, 0.1) is 29.8 Å². The zero-order chi connectivity index (χ0) is 28.7. The van der Waals surface area contributed by atoms with Crippen LogP contribution >= 0.6 is 0 Å². The van der Waals surface area contributed by atoms with Crippen LogP contribution in [-0.2, 0) is 29.7 Å². The molecule has 0 spiro atoms. The van der Waals surface area contributed by atoms with E-state index in [0.29, 0.717) is 18.0 Å². The highest BCUT2D eigenvalue weighted by atomic mass is 32.2. The molecule has 1 aliphatic heterocycles. The van der Waals surface area contributed by atoms with Crippen molar-refractivity contribution < 1.29 is 17.9 Å². The molecular formula is C33H35N3O4S. The van der Waals surface area contributed by atoms with E-state index in [1.54, 1.807) is 36.4 Å². The Morgan fingerprint density at radius 3 is 2.22 bits per heavy atom. The Balaban J connectivity index is 1.41. The van der Waals surface area contributed by atoms with Crippen LogP contribution in [0, 0.1) is 0 Å². The van der Waals surface area contributed by atoms with Crippen LogP contribution in [0.15, 0.2) is 108 Å². The van der Waals surface area contributed by atoms with Gasteiger partial charge in [0.15, 0.2) is 0 Å². The lowest BCUT2D eigenvalue weighted by atomic mass is 10.1. The maximum Gasteiger partial charge on any atom is 0.264 e. The van der Waals surface area contributed by atoms with Gasteiger partial charge in [-0.3, -0.25) is 14.0 Å². The molecule has 0 saturated carbocycles. The fraction of sp³-hybridized carbons (Fsp3) is 0.242. The summed E-state index contributed by atoms with van der Waals surface area (Å²) in [6, 6.07) is 30.7. The first-order valence-corrected chi connectivity index (χ1v) is 15.3. The molecular weight excluding hydrogens is 534 g/mol. The van der Waals surface area contributed by atoms with Crippen molar-refractivity contribution in [3.05, 3.63) is 125 Å². The maximum atomic E-state index is 14.0. The average molecular weight is 570 g/mol. The van der Waals surface area contributed by atoms with E-state index in [1.807, 2.05) is 42.5 Å². The molecule has 1 saturated heterocycles. The second-order valence-electron chi connectivity index (χ2n) is 10.2. The minimum absolute atomic E-state index is 0.0675. The number of ether oxygens (including phenoxy) is 1. The SMILES string of the molecule is COc1ccc(S(=O)(=O)N(Cc2ccccc2)c2ccccc2C(=O)NCc2cccc(CN3CCCC3)c2)cc1. The largest absolute Gasteiger partial charge is 0.497 e. The number of hydrogen-bond donors (Lipinski definition) is 1. The maximum absolute atomic E-state index is 14.0. The van der Waals surface area contributed by atoms with Gasteiger partial charge in [0.25, 0.3) is 15.9 Å². The van der Waals surface area contributed by atoms with Crippen molar-refractivity contribution in [3.8, 4) is 5.75 Å². The van der Waals surface area contributed by atoms with Crippen molar-refractivity contribution in [2.24, 2.45) is 0 Å². The Hall–Kier alpha value is -4.14. The Labute approximate surface area is 242 Å². The lowest BCUT2D eigenvalue weighted by Crippen LogP contribution is -2.33. The molecule has 8 heteroatoms. The third-order valence-electron chi connectivity index (χ3n) is 7.28. The number of anilines is 1. The summed E-state index contributed by atoms with van der Waals surface area (Å²) in [7, 11) is -2.49. The molecule has 4 aromatic rings. The zero-order valence-corrected chi connectivity index (χ0v) is 24.0. The molecule has 0 radical (unpaired) electrons. The minimum atomic E-state index is -4.02. The fourth-order valence-electron chi connectivity index (χ4n) is 5.12. The number of nitrogens with one attached hydrogen (secondary N) is 1. The molecule has 5 rings (SSSR count). The number of carbonyl (C=O) groups is 1. The number of amides is 1. The highest BCUT2D eigenvalue weighted by molar-refractivity contribution is 7.92. The van der Waals surface area contributed by atoms with Crippen LogP contribution in [0.2, 0.25) is 0 Å². The third-order valence-corrected chi connectivity index (χ3v) is 9.06. The van der Waals surface area contributed by atoms with Gasteiger partial charge in [-0.25, -0.2) is 8.42 Å². The van der Waals surface area contributed by atoms with Gasteiger partial charge in [-0.15, -0.1) is 0 Å². The number of hydrogen-bond acceptors (Lipinski definition) is 5. The van der Waals surface area contributed by atoms with Crippen molar-refractivity contribution in [1.82, 2.24) is 10.2 Å². The van der Waals surface area contributed by atoms with E-state index in [0.717, 1.165) is 30.8 Å². The van der Waals surface area contributed by atoms with Gasteiger partial charge in [0.1, 0.15) is 5.75 Å². The van der Waals surface area contributed by atoms with Gasteiger partial charge in [-0.2, -0.15) is 0 Å². The summed E-state index contributed by atoms with van der Waals surface area (Å²) >= 11 is 0. The molecule has 1 N–H and O–H groups in total. The molecule has 1 fully saturated rings. The van der Waals surface area contributed by atoms with E-state index in [-0.39, 0.29) is 22.9 Å². The number of carbonyl (C=O) groups excluding carboxylic acids is 1. The number of para-hydroxylation sites is 1. The van der Waals surface area contributed by atoms with Crippen LogP contribution in [-0.4, -0.2) is 39.4 Å². The zero-order valence-electron chi connectivity index (χ0n) is 23.2. The first-order valence-electron chi connectivity index (χ1n) is 13.8. The molecule has 4 aromatic carbocycles. The highest BCUT2D eigenvalue weighted by Gasteiger charge is 2.28. The number of likely N-dealkylation sites (tertiary alicyclic amines) is 1. The van der Waals surface area contributed by atoms with Crippen LogP contribution in [0.25, 0.3) is 0 Å². The van der Waals surface area contributed by atoms with E-state index in [9.17, 15) is 13.2 Å². The molecule has 1 aliphatic rings. The second kappa shape index (κ2) is 13.0. The van der Waals surface area contributed by atoms with Gasteiger partial charge in [0, 0.05) is 13.1 Å². The third kappa shape index (κ3) is 6.96. The quantitative estimate of drug-likeness (QED) is 0.254. The number of sulfonamides is 1. The molecule has 41 heavy (non-hydrogen) atoms. The van der Waals surface area contributed by atoms with Gasteiger partial charge >= 0.3 is 0 Å². The van der Waals surface area contributed by atoms with Crippen molar-refractivity contribution in [2.45, 2.75) is 37.4 Å². The smallest absolute Gasteiger partial charge is 0.264 e. The van der Waals surface area contributed by atoms with Crippen molar-refractivity contribution in [3.63, 3.8) is 0 Å². The second-order valence-corrected chi connectivity index (χ2v) is 12.0. The van der Waals surface area contributed by atoms with Gasteiger partial charge in [-0.05, 0) is 79.0 Å². The Bertz CT molecular complexity index is 1570. The molecule has 7 nitrogen and oxygen atoms in total. The summed E-state index contributed by atoms with van der Waals surface area (Å²) in [5, 5.41) is 3.01. The van der Waals surface area contributed by atoms with E-state index in [4.69, 9.17) is 4.74 Å². The summed E-state index contributed by atoms with van der Waals surface area (Å²) in [5.41, 5.74) is 3.62. The molecule has 212 valence electrons. The van der Waals surface area contributed by atoms with Crippen LogP contribution in [0.4, 0.5) is 5.69 Å². The van der Waals surface area contributed by atoms with Crippen LogP contribution in [0.5, 0.6) is 5.75 Å². The fourth-order valence-corrected chi connectivity index (χ4v) is 6.59. The minimum Gasteiger partial charge on any atom is -0.497 e. The molecule has 0 atom stereocenters. The summed E-state index contributed by atoms with van der Waals surface area (Å²) in [5.74, 6) is 0.219. The van der Waals surface area contributed by atoms with Gasteiger partial charge < -0.3 is 10.1 Å². The van der Waals surface area contributed by atoms with Gasteiger partial charge in [-0.1, -0.05) is 66.7 Å². The summed E-state index contributed by atoms with van der Waals surface area (Å²) in [4.78, 5) is 16.1. The molecule has 0 aliphatic carbocycles. The van der Waals surface area contributed by atoms with Gasteiger partial charge in [0.2, 0.25) is 0 Å². The van der Waals surface area contributed by atoms with Crippen LogP contribution < -0.4 is 14.4 Å². The predicted octanol–water partition coefficient (Wildman–Crippen LogP) is 5.62. The van der Waals surface area contributed by atoms with Crippen LogP contribution in [0.3, 0.4) is 0 Å². The number of nitrogens with zero attached hydrogens (tertiary/aromatic N) is 2. The van der Waals surface area contributed by atoms with Crippen LogP contribution in [0.1, 0.15) is 39.9 Å². The molecule has 0 unspecified atom stereocenters. The molecule has 1 amide bonds. The van der Waals surface area contributed by atoms with E-state index >= 15 is 0 Å². The van der Waals surface area contributed by atoms with E-state index in [1.165, 1.54) is 42.0 Å². The number of rotatable bonds is 11. The first-order chi connectivity index (χ1) is 19.9. The van der Waals surface area contributed by atoms with Crippen molar-refractivity contribution in [1.29, 1.82) is 0 Å². The summed E-state index contributed by atoms with van der Waals surface area (Å²) < 4.78 is 34.6. The Morgan fingerprint density at radius 2 is 1.49 bits per heavy atom. The summed E-state index contributed by atoms with van der Waals surface area (Å²) in [6.45, 7) is 3.55. The predicted molar refractivity (Wildman–Crippen MR) is 161 cm³/mol. The average Bonchev–Trinajstić information content (AvgIpc) is 3.52.